The molecule has 2 fully saturated rings. The number of carbonyl (C=O) groups is 2. The van der Waals surface area contributed by atoms with Crippen molar-refractivity contribution in [3.8, 4) is 0 Å². The van der Waals surface area contributed by atoms with Crippen LogP contribution >= 0.6 is 12.4 Å². The molecule has 2 amide bonds. The number of carboxylic acid groups (broad SMARTS) is 1. The van der Waals surface area contributed by atoms with Gasteiger partial charge in [0.05, 0.1) is 0 Å². The number of rotatable bonds is 4. The van der Waals surface area contributed by atoms with E-state index >= 15 is 0 Å². The molecule has 0 radical (unpaired) electrons. The number of likely N-dealkylation sites (tertiary alicyclic amines) is 2. The van der Waals surface area contributed by atoms with Crippen LogP contribution < -0.4 is 5.73 Å². The maximum Gasteiger partial charge on any atom is 0.319 e. The quantitative estimate of drug-likeness (QED) is 0.820. The molecule has 3 rings (SSSR count). The molecule has 7 heteroatoms. The van der Waals surface area contributed by atoms with Crippen molar-refractivity contribution < 1.29 is 14.7 Å². The van der Waals surface area contributed by atoms with Gasteiger partial charge < -0.3 is 20.6 Å². The van der Waals surface area contributed by atoms with Crippen LogP contribution in [0.2, 0.25) is 0 Å². The van der Waals surface area contributed by atoms with E-state index < -0.39 is 5.97 Å². The van der Waals surface area contributed by atoms with Gasteiger partial charge in [0.1, 0.15) is 0 Å². The van der Waals surface area contributed by atoms with E-state index in [0.717, 1.165) is 44.3 Å². The number of nitrogens with zero attached hydrogens (tertiary/aromatic N) is 2. The number of hydrogen-bond acceptors (Lipinski definition) is 3. The first-order valence-electron chi connectivity index (χ1n) is 9.61. The van der Waals surface area contributed by atoms with Gasteiger partial charge in [-0.2, -0.15) is 0 Å². The second-order valence-electron chi connectivity index (χ2n) is 7.52. The van der Waals surface area contributed by atoms with Crippen LogP contribution in [0.4, 0.5) is 4.79 Å². The van der Waals surface area contributed by atoms with Crippen LogP contribution in [0.5, 0.6) is 0 Å². The Morgan fingerprint density at radius 1 is 0.963 bits per heavy atom. The molecule has 27 heavy (non-hydrogen) atoms. The van der Waals surface area contributed by atoms with Gasteiger partial charge in [0.25, 0.3) is 0 Å². The van der Waals surface area contributed by atoms with Gasteiger partial charge in [-0.3, -0.25) is 4.79 Å². The lowest BCUT2D eigenvalue weighted by atomic mass is 9.89. The summed E-state index contributed by atoms with van der Waals surface area (Å²) in [4.78, 5) is 27.4. The average molecular weight is 396 g/mol. The Morgan fingerprint density at radius 2 is 1.48 bits per heavy atom. The second kappa shape index (κ2) is 9.95. The van der Waals surface area contributed by atoms with Gasteiger partial charge in [-0.25, -0.2) is 4.79 Å². The van der Waals surface area contributed by atoms with Crippen LogP contribution in [0.3, 0.4) is 0 Å². The molecule has 0 unspecified atom stereocenters. The van der Waals surface area contributed by atoms with Gasteiger partial charge in [-0.05, 0) is 48.6 Å². The minimum atomic E-state index is -0.739. The summed E-state index contributed by atoms with van der Waals surface area (Å²) < 4.78 is 0. The van der Waals surface area contributed by atoms with Crippen molar-refractivity contribution in [2.24, 2.45) is 11.7 Å². The Bertz CT molecular complexity index is 622. The smallest absolute Gasteiger partial charge is 0.319 e. The van der Waals surface area contributed by atoms with Crippen LogP contribution in [0, 0.1) is 5.92 Å². The molecule has 0 bridgehead atoms. The van der Waals surface area contributed by atoms with E-state index in [-0.39, 0.29) is 30.8 Å². The van der Waals surface area contributed by atoms with Crippen molar-refractivity contribution >= 4 is 24.4 Å². The van der Waals surface area contributed by atoms with E-state index in [4.69, 9.17) is 10.8 Å². The lowest BCUT2D eigenvalue weighted by Crippen LogP contribution is -2.49. The molecule has 0 saturated carbocycles. The minimum Gasteiger partial charge on any atom is -0.481 e. The molecule has 3 N–H and O–H groups in total. The number of piperidine rings is 2. The summed E-state index contributed by atoms with van der Waals surface area (Å²) in [6.45, 7) is 3.50. The summed E-state index contributed by atoms with van der Waals surface area (Å²) in [6.07, 6.45) is 3.78. The zero-order valence-electron chi connectivity index (χ0n) is 15.7. The monoisotopic (exact) mass is 395 g/mol. The average Bonchev–Trinajstić information content (AvgIpc) is 2.68. The maximum absolute atomic E-state index is 12.7. The first-order chi connectivity index (χ1) is 12.6. The molecule has 0 spiro atoms. The van der Waals surface area contributed by atoms with Gasteiger partial charge in [-0.1, -0.05) is 24.3 Å². The van der Waals surface area contributed by atoms with E-state index in [2.05, 4.69) is 24.3 Å². The Morgan fingerprint density at radius 3 is 1.96 bits per heavy atom. The van der Waals surface area contributed by atoms with Crippen LogP contribution in [0.25, 0.3) is 0 Å². The topological polar surface area (TPSA) is 86.9 Å². The Balaban J connectivity index is 0.00000261. The number of benzene rings is 1. The SMILES string of the molecule is Cl.NCc1ccc(C2CCN(C(=O)N3CCC(CC(=O)O)CC3)CC2)cc1. The van der Waals surface area contributed by atoms with Crippen LogP contribution in [0.15, 0.2) is 24.3 Å². The predicted octanol–water partition coefficient (Wildman–Crippen LogP) is 3.05. The van der Waals surface area contributed by atoms with Crippen molar-refractivity contribution in [2.45, 2.75) is 44.6 Å². The highest BCUT2D eigenvalue weighted by Crippen LogP contribution is 2.29. The van der Waals surface area contributed by atoms with E-state index in [1.165, 1.54) is 5.56 Å². The molecule has 2 heterocycles. The standard InChI is InChI=1S/C20H29N3O3.ClH/c21-14-16-1-3-17(4-2-16)18-7-11-23(12-8-18)20(26)22-9-5-15(6-10-22)13-19(24)25;/h1-4,15,18H,5-14,21H2,(H,24,25);1H. The molecule has 2 aliphatic heterocycles. The molecule has 1 aromatic carbocycles. The lowest BCUT2D eigenvalue weighted by Gasteiger charge is -2.38. The number of carboxylic acids is 1. The lowest BCUT2D eigenvalue weighted by molar-refractivity contribution is -0.138. The van der Waals surface area contributed by atoms with E-state index in [9.17, 15) is 9.59 Å². The molecule has 2 saturated heterocycles. The van der Waals surface area contributed by atoms with Gasteiger partial charge >= 0.3 is 12.0 Å². The van der Waals surface area contributed by atoms with Crippen LogP contribution in [-0.2, 0) is 11.3 Å². The largest absolute Gasteiger partial charge is 0.481 e. The summed E-state index contributed by atoms with van der Waals surface area (Å²) in [5.74, 6) is -0.0256. The molecule has 0 aliphatic carbocycles. The summed E-state index contributed by atoms with van der Waals surface area (Å²) in [5, 5.41) is 8.90. The molecule has 150 valence electrons. The third kappa shape index (κ3) is 5.59. The summed E-state index contributed by atoms with van der Waals surface area (Å²) in [5.41, 5.74) is 8.14. The van der Waals surface area contributed by atoms with Gasteiger partial charge in [-0.15, -0.1) is 12.4 Å². The van der Waals surface area contributed by atoms with Crippen molar-refractivity contribution in [1.82, 2.24) is 9.80 Å². The first-order valence-corrected chi connectivity index (χ1v) is 9.61. The van der Waals surface area contributed by atoms with Crippen molar-refractivity contribution in [3.63, 3.8) is 0 Å². The number of aliphatic carboxylic acids is 1. The maximum atomic E-state index is 12.7. The molecule has 0 atom stereocenters. The van der Waals surface area contributed by atoms with E-state index in [1.807, 2.05) is 9.80 Å². The normalized spacial score (nSPS) is 18.9. The third-order valence-corrected chi connectivity index (χ3v) is 5.80. The highest BCUT2D eigenvalue weighted by molar-refractivity contribution is 5.85. The fourth-order valence-electron chi connectivity index (χ4n) is 4.11. The van der Waals surface area contributed by atoms with Gasteiger partial charge in [0.2, 0.25) is 0 Å². The number of halogens is 1. The van der Waals surface area contributed by atoms with Crippen molar-refractivity contribution in [3.05, 3.63) is 35.4 Å². The van der Waals surface area contributed by atoms with E-state index in [1.54, 1.807) is 0 Å². The number of urea groups is 1. The highest BCUT2D eigenvalue weighted by atomic mass is 35.5. The second-order valence-corrected chi connectivity index (χ2v) is 7.52. The molecular formula is C20H30ClN3O3. The third-order valence-electron chi connectivity index (χ3n) is 5.80. The van der Waals surface area contributed by atoms with Crippen LogP contribution in [-0.4, -0.2) is 53.1 Å². The predicted molar refractivity (Wildman–Crippen MR) is 107 cm³/mol. The van der Waals surface area contributed by atoms with Crippen molar-refractivity contribution in [2.75, 3.05) is 26.2 Å². The van der Waals surface area contributed by atoms with Gasteiger partial charge in [0, 0.05) is 39.1 Å². The summed E-state index contributed by atoms with van der Waals surface area (Å²) >= 11 is 0. The zero-order chi connectivity index (χ0) is 18.5. The highest BCUT2D eigenvalue weighted by Gasteiger charge is 2.30. The van der Waals surface area contributed by atoms with E-state index in [0.29, 0.717) is 25.6 Å². The Labute approximate surface area is 167 Å². The fraction of sp³-hybridized carbons (Fsp3) is 0.600. The number of nitrogens with two attached hydrogens (primary N) is 1. The first kappa shape index (κ1) is 21.5. The molecule has 6 nitrogen and oxygen atoms in total. The van der Waals surface area contributed by atoms with Crippen LogP contribution in [0.1, 0.15) is 49.1 Å². The number of amides is 2. The minimum absolute atomic E-state index is 0. The number of hydrogen-bond donors (Lipinski definition) is 2. The summed E-state index contributed by atoms with van der Waals surface area (Å²) in [7, 11) is 0. The van der Waals surface area contributed by atoms with Gasteiger partial charge in [0.15, 0.2) is 0 Å². The summed E-state index contributed by atoms with van der Waals surface area (Å²) in [6, 6.07) is 8.63. The molecule has 2 aliphatic rings. The Kier molecular flexibility index (Phi) is 7.92. The van der Waals surface area contributed by atoms with Crippen molar-refractivity contribution in [1.29, 1.82) is 0 Å². The molecule has 0 aromatic heterocycles. The molecular weight excluding hydrogens is 366 g/mol. The number of carbonyl (C=O) groups excluding carboxylic acids is 1. The fourth-order valence-corrected chi connectivity index (χ4v) is 4.11. The Hall–Kier alpha value is -1.79. The zero-order valence-corrected chi connectivity index (χ0v) is 16.5. The molecule has 1 aromatic rings.